The average Bonchev–Trinajstić information content (AvgIpc) is 2.59. The molecular weight excluding hydrogens is 309 g/mol. The summed E-state index contributed by atoms with van der Waals surface area (Å²) >= 11 is 0. The zero-order valence-corrected chi connectivity index (χ0v) is 13.7. The summed E-state index contributed by atoms with van der Waals surface area (Å²) in [7, 11) is 1.63. The van der Waals surface area contributed by atoms with E-state index in [1.807, 2.05) is 0 Å². The van der Waals surface area contributed by atoms with E-state index in [-0.39, 0.29) is 23.7 Å². The number of hydrogen-bond acceptors (Lipinski definition) is 2. The number of nitrogens with zero attached hydrogens (tertiary/aromatic N) is 1. The molecule has 1 atom stereocenters. The van der Waals surface area contributed by atoms with Gasteiger partial charge in [-0.15, -0.1) is 0 Å². The van der Waals surface area contributed by atoms with Gasteiger partial charge in [-0.2, -0.15) is 0 Å². The first-order chi connectivity index (χ1) is 11.4. The number of carbonyl (C=O) groups excluding carboxylic acids is 1. The van der Waals surface area contributed by atoms with Gasteiger partial charge in [0.1, 0.15) is 5.82 Å². The van der Waals surface area contributed by atoms with Gasteiger partial charge in [0.2, 0.25) is 5.91 Å². The average molecular weight is 329 g/mol. The monoisotopic (exact) mass is 329 g/mol. The van der Waals surface area contributed by atoms with Crippen molar-refractivity contribution in [1.29, 1.82) is 0 Å². The van der Waals surface area contributed by atoms with Crippen LogP contribution in [0.15, 0.2) is 48.5 Å². The number of hydrogen-bond donors (Lipinski definition) is 1. The number of aryl methyl sites for hydroxylation is 1. The van der Waals surface area contributed by atoms with E-state index in [1.54, 1.807) is 50.4 Å². The fourth-order valence-corrected chi connectivity index (χ4v) is 2.60. The SMILES string of the molecule is CC(c1ccccc1F)N(C)C(=O)CCc1ccccc1C(=O)O. The van der Waals surface area contributed by atoms with E-state index in [0.29, 0.717) is 17.5 Å². The molecule has 0 aliphatic heterocycles. The van der Waals surface area contributed by atoms with Crippen molar-refractivity contribution in [2.24, 2.45) is 0 Å². The van der Waals surface area contributed by atoms with Gasteiger partial charge in [-0.1, -0.05) is 36.4 Å². The maximum atomic E-state index is 13.9. The predicted molar refractivity (Wildman–Crippen MR) is 89.3 cm³/mol. The third kappa shape index (κ3) is 3.98. The third-order valence-corrected chi connectivity index (χ3v) is 4.19. The number of carboxylic acids is 1. The molecule has 1 unspecified atom stereocenters. The van der Waals surface area contributed by atoms with E-state index in [2.05, 4.69) is 0 Å². The largest absolute Gasteiger partial charge is 0.478 e. The molecule has 0 saturated heterocycles. The van der Waals surface area contributed by atoms with Crippen molar-refractivity contribution < 1.29 is 19.1 Å². The highest BCUT2D eigenvalue weighted by atomic mass is 19.1. The van der Waals surface area contributed by atoms with Crippen LogP contribution in [0.5, 0.6) is 0 Å². The minimum Gasteiger partial charge on any atom is -0.478 e. The number of carboxylic acid groups (broad SMARTS) is 1. The lowest BCUT2D eigenvalue weighted by molar-refractivity contribution is -0.131. The van der Waals surface area contributed by atoms with E-state index in [0.717, 1.165) is 0 Å². The molecule has 0 bridgehead atoms. The van der Waals surface area contributed by atoms with Crippen LogP contribution in [0.2, 0.25) is 0 Å². The Bertz CT molecular complexity index is 745. The smallest absolute Gasteiger partial charge is 0.335 e. The van der Waals surface area contributed by atoms with Crippen LogP contribution in [0.4, 0.5) is 4.39 Å². The van der Waals surface area contributed by atoms with Crippen molar-refractivity contribution in [3.05, 3.63) is 71.0 Å². The Balaban J connectivity index is 2.05. The Labute approximate surface area is 140 Å². The van der Waals surface area contributed by atoms with Crippen LogP contribution >= 0.6 is 0 Å². The van der Waals surface area contributed by atoms with E-state index in [4.69, 9.17) is 0 Å². The van der Waals surface area contributed by atoms with Crippen LogP contribution in [0.25, 0.3) is 0 Å². The van der Waals surface area contributed by atoms with Gasteiger partial charge in [-0.05, 0) is 31.0 Å². The number of amides is 1. The highest BCUT2D eigenvalue weighted by Crippen LogP contribution is 2.22. The molecule has 24 heavy (non-hydrogen) atoms. The van der Waals surface area contributed by atoms with Gasteiger partial charge in [-0.25, -0.2) is 9.18 Å². The molecule has 0 aliphatic carbocycles. The zero-order valence-electron chi connectivity index (χ0n) is 13.7. The lowest BCUT2D eigenvalue weighted by atomic mass is 10.0. The Morgan fingerprint density at radius 2 is 1.75 bits per heavy atom. The summed E-state index contributed by atoms with van der Waals surface area (Å²) in [5.41, 5.74) is 1.28. The molecule has 0 fully saturated rings. The third-order valence-electron chi connectivity index (χ3n) is 4.19. The second-order valence-corrected chi connectivity index (χ2v) is 5.66. The molecular formula is C19H20FNO3. The highest BCUT2D eigenvalue weighted by molar-refractivity contribution is 5.89. The number of aromatic carboxylic acids is 1. The van der Waals surface area contributed by atoms with E-state index < -0.39 is 12.0 Å². The fraction of sp³-hybridized carbons (Fsp3) is 0.263. The lowest BCUT2D eigenvalue weighted by Gasteiger charge is -2.26. The van der Waals surface area contributed by atoms with Gasteiger partial charge in [-0.3, -0.25) is 4.79 Å². The number of benzene rings is 2. The van der Waals surface area contributed by atoms with Crippen molar-refractivity contribution in [3.8, 4) is 0 Å². The van der Waals surface area contributed by atoms with Crippen LogP contribution in [0.1, 0.15) is 40.9 Å². The molecule has 2 aromatic carbocycles. The van der Waals surface area contributed by atoms with Gasteiger partial charge in [0.25, 0.3) is 0 Å². The Morgan fingerprint density at radius 1 is 1.12 bits per heavy atom. The first kappa shape index (κ1) is 17.7. The molecule has 1 amide bonds. The van der Waals surface area contributed by atoms with Gasteiger partial charge >= 0.3 is 5.97 Å². The van der Waals surface area contributed by atoms with Crippen LogP contribution < -0.4 is 0 Å². The minimum atomic E-state index is -1.01. The molecule has 0 spiro atoms. The number of halogens is 1. The molecule has 2 rings (SSSR count). The van der Waals surface area contributed by atoms with E-state index in [1.165, 1.54) is 17.0 Å². The fourth-order valence-electron chi connectivity index (χ4n) is 2.60. The molecule has 0 heterocycles. The predicted octanol–water partition coefficient (Wildman–Crippen LogP) is 3.68. The van der Waals surface area contributed by atoms with E-state index in [9.17, 15) is 19.1 Å². The summed E-state index contributed by atoms with van der Waals surface area (Å²) in [6.07, 6.45) is 0.495. The van der Waals surface area contributed by atoms with Crippen LogP contribution in [-0.2, 0) is 11.2 Å². The second kappa shape index (κ2) is 7.73. The van der Waals surface area contributed by atoms with Gasteiger partial charge in [0.05, 0.1) is 11.6 Å². The zero-order chi connectivity index (χ0) is 17.7. The lowest BCUT2D eigenvalue weighted by Crippen LogP contribution is -2.30. The summed E-state index contributed by atoms with van der Waals surface area (Å²) in [6, 6.07) is 12.6. The molecule has 0 aromatic heterocycles. The van der Waals surface area contributed by atoms with Crippen molar-refractivity contribution in [3.63, 3.8) is 0 Å². The van der Waals surface area contributed by atoms with Crippen molar-refractivity contribution in [1.82, 2.24) is 4.90 Å². The summed E-state index contributed by atoms with van der Waals surface area (Å²) < 4.78 is 13.9. The molecule has 0 saturated carbocycles. The minimum absolute atomic E-state index is 0.161. The van der Waals surface area contributed by atoms with E-state index >= 15 is 0 Å². The van der Waals surface area contributed by atoms with Crippen LogP contribution in [0, 0.1) is 5.82 Å². The molecule has 4 nitrogen and oxygen atoms in total. The Kier molecular flexibility index (Phi) is 5.68. The standard InChI is InChI=1S/C19H20FNO3/c1-13(15-8-5-6-10-17(15)20)21(2)18(22)12-11-14-7-3-4-9-16(14)19(23)24/h3-10,13H,11-12H2,1-2H3,(H,23,24). The summed E-state index contributed by atoms with van der Waals surface area (Å²) in [4.78, 5) is 25.1. The molecule has 0 aliphatic rings. The quantitative estimate of drug-likeness (QED) is 0.879. The first-order valence-electron chi connectivity index (χ1n) is 7.73. The van der Waals surface area contributed by atoms with Crippen molar-refractivity contribution in [2.75, 3.05) is 7.05 Å². The topological polar surface area (TPSA) is 57.6 Å². The maximum Gasteiger partial charge on any atom is 0.335 e. The Morgan fingerprint density at radius 3 is 2.42 bits per heavy atom. The van der Waals surface area contributed by atoms with Gasteiger partial charge in [0, 0.05) is 19.0 Å². The summed E-state index contributed by atoms with van der Waals surface area (Å²) in [5, 5.41) is 9.17. The van der Waals surface area contributed by atoms with Crippen molar-refractivity contribution in [2.45, 2.75) is 25.8 Å². The summed E-state index contributed by atoms with van der Waals surface area (Å²) in [5.74, 6) is -1.52. The number of carbonyl (C=O) groups is 2. The highest BCUT2D eigenvalue weighted by Gasteiger charge is 2.20. The molecule has 1 N–H and O–H groups in total. The molecule has 5 heteroatoms. The Hall–Kier alpha value is -2.69. The molecule has 0 radical (unpaired) electrons. The van der Waals surface area contributed by atoms with Gasteiger partial charge in [0.15, 0.2) is 0 Å². The van der Waals surface area contributed by atoms with Crippen molar-refractivity contribution >= 4 is 11.9 Å². The van der Waals surface area contributed by atoms with Crippen LogP contribution in [-0.4, -0.2) is 28.9 Å². The molecule has 2 aromatic rings. The normalized spacial score (nSPS) is 11.8. The second-order valence-electron chi connectivity index (χ2n) is 5.66. The summed E-state index contributed by atoms with van der Waals surface area (Å²) in [6.45, 7) is 1.77. The number of rotatable bonds is 6. The van der Waals surface area contributed by atoms with Gasteiger partial charge < -0.3 is 10.0 Å². The van der Waals surface area contributed by atoms with Crippen LogP contribution in [0.3, 0.4) is 0 Å². The maximum absolute atomic E-state index is 13.9. The molecule has 126 valence electrons. The first-order valence-corrected chi connectivity index (χ1v) is 7.73.